The number of halogens is 1. The van der Waals surface area contributed by atoms with Crippen molar-refractivity contribution in [3.63, 3.8) is 0 Å². The number of rotatable bonds is 5. The lowest BCUT2D eigenvalue weighted by atomic mass is 10.0. The van der Waals surface area contributed by atoms with E-state index in [-0.39, 0.29) is 0 Å². The van der Waals surface area contributed by atoms with Crippen LogP contribution < -0.4 is 0 Å². The summed E-state index contributed by atoms with van der Waals surface area (Å²) < 4.78 is 5.98. The Morgan fingerprint density at radius 1 is 1.21 bits per heavy atom. The maximum Gasteiger partial charge on any atom is 0.0830 e. The maximum atomic E-state index is 10.2. The molecule has 1 aromatic heterocycles. The molecule has 0 radical (unpaired) electrons. The molecular formula is C15H16BrNO2. The largest absolute Gasteiger partial charge is 0.388 e. The van der Waals surface area contributed by atoms with E-state index >= 15 is 0 Å². The van der Waals surface area contributed by atoms with Crippen molar-refractivity contribution in [1.82, 2.24) is 4.98 Å². The summed E-state index contributed by atoms with van der Waals surface area (Å²) >= 11 is 3.38. The molecule has 100 valence electrons. The number of pyridine rings is 1. The molecule has 0 aliphatic rings. The topological polar surface area (TPSA) is 42.4 Å². The van der Waals surface area contributed by atoms with Crippen LogP contribution in [0.5, 0.6) is 0 Å². The lowest BCUT2D eigenvalue weighted by Gasteiger charge is -2.11. The van der Waals surface area contributed by atoms with Crippen LogP contribution in [0.3, 0.4) is 0 Å². The van der Waals surface area contributed by atoms with E-state index < -0.39 is 6.10 Å². The summed E-state index contributed by atoms with van der Waals surface area (Å²) in [5.74, 6) is 0. The van der Waals surface area contributed by atoms with Gasteiger partial charge in [-0.25, -0.2) is 0 Å². The molecule has 0 aliphatic carbocycles. The molecule has 0 saturated carbocycles. The Labute approximate surface area is 121 Å². The predicted molar refractivity (Wildman–Crippen MR) is 77.8 cm³/mol. The fourth-order valence-corrected chi connectivity index (χ4v) is 2.32. The molecule has 2 rings (SSSR count). The molecule has 1 aromatic carbocycles. The van der Waals surface area contributed by atoms with Crippen LogP contribution in [0.1, 0.15) is 22.8 Å². The lowest BCUT2D eigenvalue weighted by molar-refractivity contribution is 0.177. The zero-order valence-electron chi connectivity index (χ0n) is 10.7. The van der Waals surface area contributed by atoms with Crippen LogP contribution in [0.2, 0.25) is 0 Å². The van der Waals surface area contributed by atoms with Crippen molar-refractivity contribution in [2.45, 2.75) is 19.1 Å². The van der Waals surface area contributed by atoms with Crippen LogP contribution in [-0.4, -0.2) is 17.2 Å². The minimum absolute atomic E-state index is 0.521. The summed E-state index contributed by atoms with van der Waals surface area (Å²) in [6, 6.07) is 9.78. The van der Waals surface area contributed by atoms with Gasteiger partial charge in [-0.15, -0.1) is 0 Å². The number of ether oxygens (including phenoxy) is 1. The summed E-state index contributed by atoms with van der Waals surface area (Å²) in [5.41, 5.74) is 3.00. The monoisotopic (exact) mass is 321 g/mol. The Balaban J connectivity index is 2.05. The van der Waals surface area contributed by atoms with E-state index in [1.807, 2.05) is 30.3 Å². The van der Waals surface area contributed by atoms with E-state index in [0.717, 1.165) is 21.2 Å². The molecule has 4 heteroatoms. The van der Waals surface area contributed by atoms with E-state index in [9.17, 15) is 5.11 Å². The van der Waals surface area contributed by atoms with Gasteiger partial charge in [0.2, 0.25) is 0 Å². The second-order valence-corrected chi connectivity index (χ2v) is 5.32. The third-order valence-corrected chi connectivity index (χ3v) is 3.30. The van der Waals surface area contributed by atoms with Crippen LogP contribution in [0.15, 0.2) is 47.2 Å². The van der Waals surface area contributed by atoms with Crippen LogP contribution in [0.4, 0.5) is 0 Å². The van der Waals surface area contributed by atoms with Crippen LogP contribution in [0, 0.1) is 0 Å². The summed E-state index contributed by atoms with van der Waals surface area (Å²) in [4.78, 5) is 4.09. The van der Waals surface area contributed by atoms with Gasteiger partial charge in [0.15, 0.2) is 0 Å². The van der Waals surface area contributed by atoms with Crippen molar-refractivity contribution >= 4 is 15.9 Å². The molecule has 1 unspecified atom stereocenters. The van der Waals surface area contributed by atoms with E-state index in [2.05, 4.69) is 20.9 Å². The van der Waals surface area contributed by atoms with Gasteiger partial charge in [0, 0.05) is 30.4 Å². The van der Waals surface area contributed by atoms with Gasteiger partial charge in [0.05, 0.1) is 12.7 Å². The highest BCUT2D eigenvalue weighted by Gasteiger charge is 2.09. The number of methoxy groups -OCH3 is 1. The average Bonchev–Trinajstić information content (AvgIpc) is 2.40. The van der Waals surface area contributed by atoms with E-state index in [1.54, 1.807) is 19.5 Å². The Kier molecular flexibility index (Phi) is 5.07. The number of nitrogens with zero attached hydrogens (tertiary/aromatic N) is 1. The number of hydrogen-bond acceptors (Lipinski definition) is 3. The number of aromatic nitrogens is 1. The van der Waals surface area contributed by atoms with Crippen molar-refractivity contribution in [2.24, 2.45) is 0 Å². The molecule has 0 fully saturated rings. The Hall–Kier alpha value is -1.23. The minimum atomic E-state index is -0.521. The molecule has 0 bridgehead atoms. The second-order valence-electron chi connectivity index (χ2n) is 4.41. The normalized spacial score (nSPS) is 12.4. The van der Waals surface area contributed by atoms with Gasteiger partial charge in [0.25, 0.3) is 0 Å². The molecule has 0 spiro atoms. The van der Waals surface area contributed by atoms with Crippen LogP contribution >= 0.6 is 15.9 Å². The first-order chi connectivity index (χ1) is 9.19. The lowest BCUT2D eigenvalue weighted by Crippen LogP contribution is -2.02. The number of hydrogen-bond donors (Lipinski definition) is 1. The van der Waals surface area contributed by atoms with Crippen LogP contribution in [0.25, 0.3) is 0 Å². The van der Waals surface area contributed by atoms with Crippen molar-refractivity contribution in [2.75, 3.05) is 7.11 Å². The highest BCUT2D eigenvalue weighted by molar-refractivity contribution is 9.10. The van der Waals surface area contributed by atoms with E-state index in [1.165, 1.54) is 0 Å². The SMILES string of the molecule is COCc1ccc(C(O)Cc2cncc(Br)c2)cc1. The third kappa shape index (κ3) is 4.13. The van der Waals surface area contributed by atoms with Crippen molar-refractivity contribution < 1.29 is 9.84 Å². The summed E-state index contributed by atoms with van der Waals surface area (Å²) in [5, 5.41) is 10.2. The number of benzene rings is 1. The maximum absolute atomic E-state index is 10.2. The first kappa shape index (κ1) is 14.2. The highest BCUT2D eigenvalue weighted by Crippen LogP contribution is 2.20. The van der Waals surface area contributed by atoms with Gasteiger partial charge in [-0.2, -0.15) is 0 Å². The van der Waals surface area contributed by atoms with Gasteiger partial charge < -0.3 is 9.84 Å². The molecule has 1 atom stereocenters. The van der Waals surface area contributed by atoms with Gasteiger partial charge in [-0.3, -0.25) is 4.98 Å². The molecule has 0 saturated heterocycles. The fourth-order valence-electron chi connectivity index (χ4n) is 1.91. The summed E-state index contributed by atoms with van der Waals surface area (Å²) in [6.45, 7) is 0.589. The van der Waals surface area contributed by atoms with Gasteiger partial charge in [-0.05, 0) is 38.7 Å². The first-order valence-electron chi connectivity index (χ1n) is 6.04. The third-order valence-electron chi connectivity index (χ3n) is 2.87. The second kappa shape index (κ2) is 6.80. The van der Waals surface area contributed by atoms with Crippen molar-refractivity contribution in [3.05, 3.63) is 63.9 Å². The molecule has 1 heterocycles. The fraction of sp³-hybridized carbons (Fsp3) is 0.267. The van der Waals surface area contributed by atoms with Crippen LogP contribution in [-0.2, 0) is 17.8 Å². The molecule has 1 N–H and O–H groups in total. The molecule has 19 heavy (non-hydrogen) atoms. The van der Waals surface area contributed by atoms with Crippen molar-refractivity contribution in [3.8, 4) is 0 Å². The van der Waals surface area contributed by atoms with Gasteiger partial charge in [0.1, 0.15) is 0 Å². The minimum Gasteiger partial charge on any atom is -0.388 e. The Morgan fingerprint density at radius 3 is 2.58 bits per heavy atom. The zero-order valence-corrected chi connectivity index (χ0v) is 12.3. The van der Waals surface area contributed by atoms with Gasteiger partial charge >= 0.3 is 0 Å². The molecule has 0 aliphatic heterocycles. The summed E-state index contributed by atoms with van der Waals surface area (Å²) in [6.07, 6.45) is 3.53. The predicted octanol–water partition coefficient (Wildman–Crippen LogP) is 3.27. The molecule has 3 nitrogen and oxygen atoms in total. The first-order valence-corrected chi connectivity index (χ1v) is 6.83. The van der Waals surface area contributed by atoms with Gasteiger partial charge in [-0.1, -0.05) is 24.3 Å². The highest BCUT2D eigenvalue weighted by atomic mass is 79.9. The number of aliphatic hydroxyl groups excluding tert-OH is 1. The molecular weight excluding hydrogens is 306 g/mol. The smallest absolute Gasteiger partial charge is 0.0830 e. The summed E-state index contributed by atoms with van der Waals surface area (Å²) in [7, 11) is 1.67. The average molecular weight is 322 g/mol. The number of aliphatic hydroxyl groups is 1. The molecule has 0 amide bonds. The van der Waals surface area contributed by atoms with E-state index in [4.69, 9.17) is 4.74 Å². The quantitative estimate of drug-likeness (QED) is 0.919. The zero-order chi connectivity index (χ0) is 13.7. The Bertz CT molecular complexity index is 528. The van der Waals surface area contributed by atoms with Crippen molar-refractivity contribution in [1.29, 1.82) is 0 Å². The van der Waals surface area contributed by atoms with E-state index in [0.29, 0.717) is 13.0 Å². The standard InChI is InChI=1S/C15H16BrNO2/c1-19-10-11-2-4-13(5-3-11)15(18)7-12-6-14(16)9-17-8-12/h2-6,8-9,15,18H,7,10H2,1H3. The molecule has 2 aromatic rings. The Morgan fingerprint density at radius 2 is 1.95 bits per heavy atom.